The lowest BCUT2D eigenvalue weighted by Gasteiger charge is -2.42. The zero-order valence-corrected chi connectivity index (χ0v) is 16.0. The number of hydrogen-bond donors (Lipinski definition) is 4. The number of carboxylic acid groups (broad SMARTS) is 1. The summed E-state index contributed by atoms with van der Waals surface area (Å²) in [5.74, 6) is -0.832. The van der Waals surface area contributed by atoms with Crippen LogP contribution >= 0.6 is 11.3 Å². The van der Waals surface area contributed by atoms with Gasteiger partial charge in [-0.3, -0.25) is 9.69 Å². The molecule has 4 N–H and O–H groups in total. The van der Waals surface area contributed by atoms with Crippen LogP contribution in [-0.2, 0) is 4.79 Å². The van der Waals surface area contributed by atoms with Crippen LogP contribution in [0.3, 0.4) is 0 Å². The summed E-state index contributed by atoms with van der Waals surface area (Å²) < 4.78 is 1.11. The molecule has 0 spiro atoms. The van der Waals surface area contributed by atoms with Gasteiger partial charge in [0.15, 0.2) is 0 Å². The molecule has 1 aliphatic carbocycles. The van der Waals surface area contributed by atoms with Gasteiger partial charge in [-0.25, -0.2) is 4.79 Å². The lowest BCUT2D eigenvalue weighted by molar-refractivity contribution is -0.139. The van der Waals surface area contributed by atoms with E-state index in [-0.39, 0.29) is 31.2 Å². The summed E-state index contributed by atoms with van der Waals surface area (Å²) in [5.41, 5.74) is 0. The van der Waals surface area contributed by atoms with Crippen molar-refractivity contribution in [2.45, 2.75) is 38.0 Å². The maximum Gasteiger partial charge on any atom is 0.317 e. The molecule has 0 radical (unpaired) electrons. The van der Waals surface area contributed by atoms with E-state index in [4.69, 9.17) is 5.11 Å². The molecule has 7 nitrogen and oxygen atoms in total. The second-order valence-corrected chi connectivity index (χ2v) is 7.95. The lowest BCUT2D eigenvalue weighted by Crippen LogP contribution is -2.56. The van der Waals surface area contributed by atoms with Gasteiger partial charge in [-0.15, -0.1) is 11.3 Å². The Kier molecular flexibility index (Phi) is 6.30. The molecule has 27 heavy (non-hydrogen) atoms. The monoisotopic (exact) mass is 391 g/mol. The van der Waals surface area contributed by atoms with Crippen molar-refractivity contribution in [3.63, 3.8) is 0 Å². The highest BCUT2D eigenvalue weighted by atomic mass is 32.1. The molecule has 1 heterocycles. The molecule has 1 unspecified atom stereocenters. The van der Waals surface area contributed by atoms with Gasteiger partial charge in [0.25, 0.3) is 0 Å². The Morgan fingerprint density at radius 2 is 2.07 bits per heavy atom. The van der Waals surface area contributed by atoms with Crippen LogP contribution in [0.25, 0.3) is 10.1 Å². The molecule has 1 aliphatic rings. The summed E-state index contributed by atoms with van der Waals surface area (Å²) in [4.78, 5) is 25.6. The normalized spacial score (nSPS) is 20.3. The highest BCUT2D eigenvalue weighted by Crippen LogP contribution is 2.29. The maximum atomic E-state index is 12.0. The van der Waals surface area contributed by atoms with Crippen LogP contribution in [0.4, 0.5) is 4.79 Å². The van der Waals surface area contributed by atoms with Crippen molar-refractivity contribution in [3.05, 3.63) is 35.2 Å². The number of carbonyl (C=O) groups excluding carboxylic acids is 1. The summed E-state index contributed by atoms with van der Waals surface area (Å²) in [6.07, 6.45) is 0.745. The molecule has 2 aromatic rings. The number of likely N-dealkylation sites (N-methyl/N-ethyl adjacent to an activating group) is 1. The molecule has 1 atom stereocenters. The average molecular weight is 391 g/mol. The molecule has 146 valence electrons. The Morgan fingerprint density at radius 1 is 1.33 bits per heavy atom. The first kappa shape index (κ1) is 19.6. The number of aliphatic hydroxyl groups excluding tert-OH is 1. The average Bonchev–Trinajstić information content (AvgIpc) is 3.04. The Bertz CT molecular complexity index is 770. The molecule has 1 aromatic carbocycles. The van der Waals surface area contributed by atoms with Gasteiger partial charge in [0.1, 0.15) is 6.10 Å². The summed E-state index contributed by atoms with van der Waals surface area (Å²) in [6.45, 7) is 2.79. The van der Waals surface area contributed by atoms with E-state index in [0.29, 0.717) is 6.54 Å². The van der Waals surface area contributed by atoms with Gasteiger partial charge in [0, 0.05) is 21.7 Å². The van der Waals surface area contributed by atoms with Crippen molar-refractivity contribution in [3.8, 4) is 0 Å². The number of carboxylic acids is 1. The van der Waals surface area contributed by atoms with E-state index in [0.717, 1.165) is 27.8 Å². The number of rotatable bonds is 8. The minimum atomic E-state index is -0.832. The zero-order valence-electron chi connectivity index (χ0n) is 15.2. The third kappa shape index (κ3) is 4.97. The largest absolute Gasteiger partial charge is 0.480 e. The Hall–Kier alpha value is -2.16. The number of hydrogen-bond acceptors (Lipinski definition) is 5. The van der Waals surface area contributed by atoms with Crippen molar-refractivity contribution in [1.82, 2.24) is 15.5 Å². The van der Waals surface area contributed by atoms with Crippen molar-refractivity contribution >= 4 is 33.4 Å². The number of urea groups is 1. The fraction of sp³-hybridized carbons (Fsp3) is 0.474. The Labute approximate surface area is 162 Å². The minimum absolute atomic E-state index is 0.0292. The number of carbonyl (C=O) groups is 2. The van der Waals surface area contributed by atoms with Crippen molar-refractivity contribution in [2.24, 2.45) is 0 Å². The molecule has 1 fully saturated rings. The zero-order chi connectivity index (χ0) is 19.4. The van der Waals surface area contributed by atoms with E-state index in [1.165, 1.54) is 11.3 Å². The molecule has 8 heteroatoms. The molecular formula is C19H25N3O4S. The second kappa shape index (κ2) is 8.69. The molecule has 1 saturated carbocycles. The Morgan fingerprint density at radius 3 is 2.74 bits per heavy atom. The van der Waals surface area contributed by atoms with Gasteiger partial charge < -0.3 is 20.8 Å². The highest BCUT2D eigenvalue weighted by Gasteiger charge is 2.34. The molecule has 0 aliphatic heterocycles. The van der Waals surface area contributed by atoms with Crippen molar-refractivity contribution in [1.29, 1.82) is 0 Å². The number of aliphatic hydroxyl groups is 1. The van der Waals surface area contributed by atoms with Gasteiger partial charge >= 0.3 is 12.0 Å². The van der Waals surface area contributed by atoms with Gasteiger partial charge in [-0.05, 0) is 36.9 Å². The molecule has 2 amide bonds. The molecule has 1 aromatic heterocycles. The number of nitrogens with zero attached hydrogens (tertiary/aromatic N) is 1. The maximum absolute atomic E-state index is 12.0. The third-order valence-corrected chi connectivity index (χ3v) is 6.16. The van der Waals surface area contributed by atoms with Crippen molar-refractivity contribution < 1.29 is 19.8 Å². The van der Waals surface area contributed by atoms with E-state index < -0.39 is 12.1 Å². The SMILES string of the molecule is CCN(CC(=O)O)C1CC(NC(=O)NCC(O)c2cc3ccccc3s2)C1. The molecular weight excluding hydrogens is 366 g/mol. The first-order chi connectivity index (χ1) is 13.0. The predicted octanol–water partition coefficient (Wildman–Crippen LogP) is 2.17. The second-order valence-electron chi connectivity index (χ2n) is 6.84. The minimum Gasteiger partial charge on any atom is -0.480 e. The number of thiophene rings is 1. The van der Waals surface area contributed by atoms with Crippen LogP contribution in [0.15, 0.2) is 30.3 Å². The Balaban J connectivity index is 1.40. The molecule has 0 bridgehead atoms. The van der Waals surface area contributed by atoms with E-state index in [1.54, 1.807) is 0 Å². The summed E-state index contributed by atoms with van der Waals surface area (Å²) >= 11 is 1.52. The van der Waals surface area contributed by atoms with E-state index in [9.17, 15) is 14.7 Å². The number of amides is 2. The summed E-state index contributed by atoms with van der Waals surface area (Å²) in [7, 11) is 0. The fourth-order valence-electron chi connectivity index (χ4n) is 3.37. The third-order valence-electron chi connectivity index (χ3n) is 4.94. The molecule has 0 saturated heterocycles. The van der Waals surface area contributed by atoms with Crippen LogP contribution < -0.4 is 10.6 Å². The summed E-state index contributed by atoms with van der Waals surface area (Å²) in [5, 5.41) is 25.9. The number of fused-ring (bicyclic) bond motifs is 1. The number of nitrogens with one attached hydrogen (secondary N) is 2. The van der Waals surface area contributed by atoms with E-state index >= 15 is 0 Å². The van der Waals surface area contributed by atoms with Crippen LogP contribution in [-0.4, -0.2) is 58.8 Å². The van der Waals surface area contributed by atoms with Crippen LogP contribution in [0.5, 0.6) is 0 Å². The smallest absolute Gasteiger partial charge is 0.317 e. The molecule has 3 rings (SSSR count). The number of aliphatic carboxylic acids is 1. The predicted molar refractivity (Wildman–Crippen MR) is 105 cm³/mol. The first-order valence-corrected chi connectivity index (χ1v) is 9.94. The van der Waals surface area contributed by atoms with Crippen LogP contribution in [0.2, 0.25) is 0 Å². The summed E-state index contributed by atoms with van der Waals surface area (Å²) in [6, 6.07) is 9.80. The van der Waals surface area contributed by atoms with E-state index in [2.05, 4.69) is 10.6 Å². The van der Waals surface area contributed by atoms with Crippen molar-refractivity contribution in [2.75, 3.05) is 19.6 Å². The van der Waals surface area contributed by atoms with Crippen LogP contribution in [0, 0.1) is 0 Å². The highest BCUT2D eigenvalue weighted by molar-refractivity contribution is 7.19. The van der Waals surface area contributed by atoms with Gasteiger partial charge in [0.05, 0.1) is 13.1 Å². The number of benzene rings is 1. The standard InChI is InChI=1S/C19H25N3O4S/c1-2-22(11-18(24)25)14-8-13(9-14)21-19(26)20-10-15(23)17-7-12-5-3-4-6-16(12)27-17/h3-7,13-15,23H,2,8-11H2,1H3,(H,24,25)(H2,20,21,26). The fourth-order valence-corrected chi connectivity index (χ4v) is 4.42. The van der Waals surface area contributed by atoms with Gasteiger partial charge in [0.2, 0.25) is 0 Å². The first-order valence-electron chi connectivity index (χ1n) is 9.13. The van der Waals surface area contributed by atoms with Gasteiger partial charge in [-0.1, -0.05) is 25.1 Å². The van der Waals surface area contributed by atoms with Crippen LogP contribution in [0.1, 0.15) is 30.7 Å². The van der Waals surface area contributed by atoms with Gasteiger partial charge in [-0.2, -0.15) is 0 Å². The quantitative estimate of drug-likeness (QED) is 0.552. The topological polar surface area (TPSA) is 102 Å². The van der Waals surface area contributed by atoms with E-state index in [1.807, 2.05) is 42.2 Å². The lowest BCUT2D eigenvalue weighted by atomic mass is 9.85.